The number of ether oxygens (including phenoxy) is 2. The van der Waals surface area contributed by atoms with Crippen molar-refractivity contribution in [2.45, 2.75) is 51.0 Å². The third kappa shape index (κ3) is 4.69. The molecular formula is C25H33NO5S. The van der Waals surface area contributed by atoms with Crippen LogP contribution in [0.4, 0.5) is 5.69 Å². The maximum Gasteiger partial charge on any atom is 0.303 e. The molecule has 2 aromatic carbocycles. The molecule has 0 aromatic heterocycles. The molecule has 0 radical (unpaired) electrons. The van der Waals surface area contributed by atoms with Gasteiger partial charge in [-0.2, -0.15) is 0 Å². The summed E-state index contributed by atoms with van der Waals surface area (Å²) >= 11 is 0. The number of rotatable bonds is 8. The van der Waals surface area contributed by atoms with Gasteiger partial charge in [-0.3, -0.25) is 4.79 Å². The fourth-order valence-electron chi connectivity index (χ4n) is 4.87. The zero-order valence-corrected chi connectivity index (χ0v) is 19.5. The van der Waals surface area contributed by atoms with E-state index in [1.54, 1.807) is 0 Å². The molecule has 7 heteroatoms. The second-order valence-corrected chi connectivity index (χ2v) is 12.2. The topological polar surface area (TPSA) is 102 Å². The van der Waals surface area contributed by atoms with E-state index in [-0.39, 0.29) is 11.8 Å². The Morgan fingerprint density at radius 2 is 2.03 bits per heavy atom. The van der Waals surface area contributed by atoms with E-state index in [0.29, 0.717) is 25.4 Å². The number of nitrogens with two attached hydrogens (primary N) is 1. The van der Waals surface area contributed by atoms with Crippen molar-refractivity contribution in [3.63, 3.8) is 0 Å². The van der Waals surface area contributed by atoms with Crippen LogP contribution in [0.3, 0.4) is 0 Å². The van der Waals surface area contributed by atoms with Gasteiger partial charge in [0.25, 0.3) is 0 Å². The summed E-state index contributed by atoms with van der Waals surface area (Å²) in [4.78, 5) is 10.8. The molecule has 4 N–H and O–H groups in total. The van der Waals surface area contributed by atoms with Gasteiger partial charge >= 0.3 is 5.97 Å². The molecule has 6 nitrogen and oxygen atoms in total. The summed E-state index contributed by atoms with van der Waals surface area (Å²) in [6.45, 7) is 3.16. The Labute approximate surface area is 191 Å². The Morgan fingerprint density at radius 3 is 2.75 bits per heavy atom. The number of hydrogen-bond donors (Lipinski definition) is 3. The zero-order chi connectivity index (χ0) is 22.8. The molecule has 0 saturated carbocycles. The van der Waals surface area contributed by atoms with Gasteiger partial charge in [0.1, 0.15) is 18.1 Å². The molecule has 0 bridgehead atoms. The minimum atomic E-state index is -1.72. The van der Waals surface area contributed by atoms with Crippen molar-refractivity contribution in [1.29, 1.82) is 0 Å². The van der Waals surface area contributed by atoms with Crippen LogP contribution in [0.25, 0.3) is 0 Å². The van der Waals surface area contributed by atoms with Gasteiger partial charge in [0.2, 0.25) is 0 Å². The first-order valence-corrected chi connectivity index (χ1v) is 13.4. The van der Waals surface area contributed by atoms with Crippen LogP contribution in [0.2, 0.25) is 0 Å². The first kappa shape index (κ1) is 22.8. The molecule has 1 saturated heterocycles. The minimum absolute atomic E-state index is 0.0564. The lowest BCUT2D eigenvalue weighted by Gasteiger charge is -2.45. The van der Waals surface area contributed by atoms with Crippen LogP contribution in [0, 0.1) is 0 Å². The van der Waals surface area contributed by atoms with E-state index >= 15 is 0 Å². The zero-order valence-electron chi connectivity index (χ0n) is 18.6. The molecular weight excluding hydrogens is 426 g/mol. The van der Waals surface area contributed by atoms with Gasteiger partial charge < -0.3 is 24.9 Å². The smallest absolute Gasteiger partial charge is 0.303 e. The Morgan fingerprint density at radius 1 is 1.25 bits per heavy atom. The number of nitrogen functional groups attached to an aromatic ring is 1. The third-order valence-corrected chi connectivity index (χ3v) is 9.91. The van der Waals surface area contributed by atoms with Crippen LogP contribution in [-0.2, 0) is 23.2 Å². The quantitative estimate of drug-likeness (QED) is 0.482. The number of aliphatic carboxylic acids is 1. The SMILES string of the molecule is CCc1cccc(N)c1COc1ccc2c(c1)OCC21CCS(O)(CCCC(=O)O)CC1. The van der Waals surface area contributed by atoms with Crippen LogP contribution < -0.4 is 15.2 Å². The van der Waals surface area contributed by atoms with Gasteiger partial charge in [-0.1, -0.05) is 25.1 Å². The average molecular weight is 460 g/mol. The fourth-order valence-corrected chi connectivity index (χ4v) is 7.70. The number of carbonyl (C=O) groups is 1. The highest BCUT2D eigenvalue weighted by Gasteiger charge is 2.45. The number of benzene rings is 2. The Bertz CT molecular complexity index is 984. The van der Waals surface area contributed by atoms with Crippen LogP contribution in [0.5, 0.6) is 11.5 Å². The summed E-state index contributed by atoms with van der Waals surface area (Å²) in [5.41, 5.74) is 10.3. The van der Waals surface area contributed by atoms with Crippen LogP contribution in [-0.4, -0.2) is 39.5 Å². The summed E-state index contributed by atoms with van der Waals surface area (Å²) in [6.07, 6.45) is 3.33. The van der Waals surface area contributed by atoms with Gasteiger partial charge in [0, 0.05) is 34.7 Å². The maximum atomic E-state index is 11.0. The lowest BCUT2D eigenvalue weighted by atomic mass is 9.77. The fraction of sp³-hybridized carbons (Fsp3) is 0.480. The molecule has 1 fully saturated rings. The van der Waals surface area contributed by atoms with Crippen molar-refractivity contribution in [2.24, 2.45) is 0 Å². The number of hydrogen-bond acceptors (Lipinski definition) is 5. The Hall–Kier alpha value is -2.38. The lowest BCUT2D eigenvalue weighted by Crippen LogP contribution is -2.37. The molecule has 1 spiro atoms. The first-order chi connectivity index (χ1) is 15.3. The van der Waals surface area contributed by atoms with E-state index in [1.807, 2.05) is 24.3 Å². The van der Waals surface area contributed by atoms with E-state index in [1.165, 1.54) is 11.1 Å². The van der Waals surface area contributed by atoms with Crippen molar-refractivity contribution in [1.82, 2.24) is 0 Å². The van der Waals surface area contributed by atoms with Gasteiger partial charge in [0.15, 0.2) is 0 Å². The number of anilines is 1. The summed E-state index contributed by atoms with van der Waals surface area (Å²) in [5.74, 6) is 2.96. The van der Waals surface area contributed by atoms with Gasteiger partial charge in [0.05, 0.1) is 6.61 Å². The van der Waals surface area contributed by atoms with Crippen molar-refractivity contribution >= 4 is 22.0 Å². The van der Waals surface area contributed by atoms with E-state index in [9.17, 15) is 9.35 Å². The largest absolute Gasteiger partial charge is 0.492 e. The number of carboxylic acid groups (broad SMARTS) is 1. The summed E-state index contributed by atoms with van der Waals surface area (Å²) in [5, 5.41) is 8.86. The van der Waals surface area contributed by atoms with Crippen molar-refractivity contribution in [3.8, 4) is 11.5 Å². The van der Waals surface area contributed by atoms with Gasteiger partial charge in [-0.15, -0.1) is 10.3 Å². The second-order valence-electron chi connectivity index (χ2n) is 8.96. The predicted octanol–water partition coefficient (Wildman–Crippen LogP) is 4.98. The standard InChI is InChI=1S/C25H33NO5S/c1-2-18-5-3-6-22(26)20(18)16-30-19-8-9-21-23(15-19)31-17-25(21)10-13-32(29,14-11-25)12-4-7-24(27)28/h3,5-6,8-9,15,29H,2,4,7,10-14,16-17,26H2,1H3,(H,27,28). The maximum absolute atomic E-state index is 11.0. The van der Waals surface area contributed by atoms with E-state index in [4.69, 9.17) is 20.3 Å². The summed E-state index contributed by atoms with van der Waals surface area (Å²) in [7, 11) is -1.72. The van der Waals surface area contributed by atoms with Crippen molar-refractivity contribution < 1.29 is 23.9 Å². The molecule has 0 unspecified atom stereocenters. The Balaban J connectivity index is 1.41. The Kier molecular flexibility index (Phi) is 6.58. The summed E-state index contributed by atoms with van der Waals surface area (Å²) in [6, 6.07) is 12.0. The van der Waals surface area contributed by atoms with E-state index < -0.39 is 16.3 Å². The first-order valence-electron chi connectivity index (χ1n) is 11.3. The van der Waals surface area contributed by atoms with Crippen LogP contribution in [0.15, 0.2) is 36.4 Å². The number of carboxylic acids is 1. The van der Waals surface area contributed by atoms with E-state index in [2.05, 4.69) is 19.1 Å². The molecule has 2 aromatic rings. The molecule has 2 aliphatic rings. The van der Waals surface area contributed by atoms with Crippen LogP contribution >= 0.6 is 10.3 Å². The highest BCUT2D eigenvalue weighted by Crippen LogP contribution is 2.57. The minimum Gasteiger partial charge on any atom is -0.492 e. The van der Waals surface area contributed by atoms with E-state index in [0.717, 1.165) is 53.5 Å². The van der Waals surface area contributed by atoms with Gasteiger partial charge in [-0.05, 0) is 60.6 Å². The molecule has 174 valence electrons. The molecule has 32 heavy (non-hydrogen) atoms. The monoisotopic (exact) mass is 459 g/mol. The average Bonchev–Trinajstić information content (AvgIpc) is 3.12. The molecule has 4 rings (SSSR count). The lowest BCUT2D eigenvalue weighted by molar-refractivity contribution is -0.137. The predicted molar refractivity (Wildman–Crippen MR) is 129 cm³/mol. The molecule has 0 amide bonds. The third-order valence-electron chi connectivity index (χ3n) is 6.94. The molecule has 2 aliphatic heterocycles. The highest BCUT2D eigenvalue weighted by atomic mass is 32.3. The second kappa shape index (κ2) is 9.24. The highest BCUT2D eigenvalue weighted by molar-refractivity contribution is 8.29. The number of aryl methyl sites for hydroxylation is 1. The molecule has 2 heterocycles. The van der Waals surface area contributed by atoms with Gasteiger partial charge in [-0.25, -0.2) is 0 Å². The summed E-state index contributed by atoms with van der Waals surface area (Å²) < 4.78 is 23.1. The number of fused-ring (bicyclic) bond motifs is 2. The normalized spacial score (nSPS) is 26.2. The molecule has 0 aliphatic carbocycles. The van der Waals surface area contributed by atoms with Crippen LogP contribution in [0.1, 0.15) is 49.3 Å². The van der Waals surface area contributed by atoms with Crippen molar-refractivity contribution in [2.75, 3.05) is 29.6 Å². The van der Waals surface area contributed by atoms with Crippen molar-refractivity contribution in [3.05, 3.63) is 53.1 Å². The molecule has 0 atom stereocenters.